The van der Waals surface area contributed by atoms with Gasteiger partial charge in [0.25, 0.3) is 0 Å². The fourth-order valence-corrected chi connectivity index (χ4v) is 1.04. The Morgan fingerprint density at radius 1 is 1.18 bits per heavy atom. The maximum absolute atomic E-state index is 5.04. The minimum absolute atomic E-state index is 0.120. The van der Waals surface area contributed by atoms with Crippen molar-refractivity contribution in [3.8, 4) is 0 Å². The summed E-state index contributed by atoms with van der Waals surface area (Å²) in [7, 11) is 0. The summed E-state index contributed by atoms with van der Waals surface area (Å²) in [5, 5.41) is 0. The van der Waals surface area contributed by atoms with E-state index in [2.05, 4.69) is 9.68 Å². The summed E-state index contributed by atoms with van der Waals surface area (Å²) < 4.78 is 0. The van der Waals surface area contributed by atoms with Crippen LogP contribution in [0, 0.1) is 5.92 Å². The van der Waals surface area contributed by atoms with Crippen LogP contribution in [0.1, 0.15) is 0 Å². The molecule has 4 nitrogen and oxygen atoms in total. The zero-order valence-corrected chi connectivity index (χ0v) is 6.14. The quantitative estimate of drug-likeness (QED) is 0.559. The van der Waals surface area contributed by atoms with Crippen LogP contribution in [0.4, 0.5) is 0 Å². The monoisotopic (exact) mass is 156 g/mol. The van der Waals surface area contributed by atoms with Gasteiger partial charge in [0.15, 0.2) is 0 Å². The molecule has 0 radical (unpaired) electrons. The van der Waals surface area contributed by atoms with Gasteiger partial charge in [-0.15, -0.1) is 0 Å². The first-order valence-corrected chi connectivity index (χ1v) is 3.40. The molecule has 0 saturated carbocycles. The van der Waals surface area contributed by atoms with Gasteiger partial charge in [-0.2, -0.15) is 0 Å². The Hall–Kier alpha value is -0.680. The van der Waals surface area contributed by atoms with Gasteiger partial charge in [0.05, 0.1) is 6.61 Å². The van der Waals surface area contributed by atoms with Crippen LogP contribution < -0.4 is 11.8 Å². The maximum atomic E-state index is 5.04. The van der Waals surface area contributed by atoms with Gasteiger partial charge in [-0.25, -0.2) is 11.8 Å². The van der Waals surface area contributed by atoms with Crippen molar-refractivity contribution in [1.29, 1.82) is 0 Å². The second-order valence-corrected chi connectivity index (χ2v) is 2.37. The summed E-state index contributed by atoms with van der Waals surface area (Å²) in [5.41, 5.74) is 0. The lowest BCUT2D eigenvalue weighted by Crippen LogP contribution is -2.29. The molecule has 0 aromatic rings. The maximum Gasteiger partial charge on any atom is 0.106 e. The van der Waals surface area contributed by atoms with Crippen LogP contribution in [0.2, 0.25) is 0 Å². The number of hydrogen-bond donors (Lipinski definition) is 2. The second-order valence-electron chi connectivity index (χ2n) is 2.37. The van der Waals surface area contributed by atoms with Crippen LogP contribution in [0.3, 0.4) is 0 Å². The highest BCUT2D eigenvalue weighted by molar-refractivity contribution is 5.15. The lowest BCUT2D eigenvalue weighted by Gasteiger charge is -2.20. The molecule has 1 aliphatic carbocycles. The third-order valence-electron chi connectivity index (χ3n) is 1.64. The van der Waals surface area contributed by atoms with Gasteiger partial charge in [-0.3, -0.25) is 4.84 Å². The van der Waals surface area contributed by atoms with Crippen LogP contribution in [-0.4, -0.2) is 12.7 Å². The highest BCUT2D eigenvalue weighted by Gasteiger charge is 2.18. The Morgan fingerprint density at radius 3 is 2.55 bits per heavy atom. The molecule has 0 bridgehead atoms. The third kappa shape index (κ3) is 2.13. The molecule has 0 heterocycles. The molecule has 0 aromatic carbocycles. The Labute approximate surface area is 65.4 Å². The van der Waals surface area contributed by atoms with E-state index in [1.807, 2.05) is 24.3 Å². The van der Waals surface area contributed by atoms with Crippen molar-refractivity contribution in [2.75, 3.05) is 6.61 Å². The molecule has 0 aliphatic heterocycles. The highest BCUT2D eigenvalue weighted by atomic mass is 16.6. The topological polar surface area (TPSA) is 70.5 Å². The highest BCUT2D eigenvalue weighted by Crippen LogP contribution is 2.14. The Kier molecular flexibility index (Phi) is 3.25. The molecule has 0 aromatic heterocycles. The minimum atomic E-state index is -0.122. The largest absolute Gasteiger partial charge is 0.304 e. The first-order valence-electron chi connectivity index (χ1n) is 3.40. The molecule has 2 atom stereocenters. The molecular formula is C7H12N2O2. The van der Waals surface area contributed by atoms with Crippen molar-refractivity contribution in [3.63, 3.8) is 0 Å². The molecule has 0 spiro atoms. The summed E-state index contributed by atoms with van der Waals surface area (Å²) in [4.78, 5) is 9.18. The summed E-state index contributed by atoms with van der Waals surface area (Å²) in [6, 6.07) is 0. The van der Waals surface area contributed by atoms with Crippen molar-refractivity contribution in [2.45, 2.75) is 6.10 Å². The Bertz CT molecular complexity index is 168. The van der Waals surface area contributed by atoms with Crippen LogP contribution >= 0.6 is 0 Å². The lowest BCUT2D eigenvalue weighted by atomic mass is 9.99. The van der Waals surface area contributed by atoms with Gasteiger partial charge < -0.3 is 4.84 Å². The molecule has 62 valence electrons. The van der Waals surface area contributed by atoms with Crippen molar-refractivity contribution in [1.82, 2.24) is 0 Å². The Morgan fingerprint density at radius 2 is 1.91 bits per heavy atom. The van der Waals surface area contributed by atoms with Crippen LogP contribution in [0.15, 0.2) is 24.3 Å². The van der Waals surface area contributed by atoms with Crippen LogP contribution in [0.25, 0.3) is 0 Å². The van der Waals surface area contributed by atoms with Gasteiger partial charge in [0, 0.05) is 5.92 Å². The van der Waals surface area contributed by atoms with E-state index in [0.29, 0.717) is 6.61 Å². The van der Waals surface area contributed by atoms with E-state index in [9.17, 15) is 0 Å². The van der Waals surface area contributed by atoms with Gasteiger partial charge in [-0.05, 0) is 0 Å². The van der Waals surface area contributed by atoms with Gasteiger partial charge in [0.1, 0.15) is 6.10 Å². The van der Waals surface area contributed by atoms with E-state index >= 15 is 0 Å². The summed E-state index contributed by atoms with van der Waals surface area (Å²) >= 11 is 0. The average Bonchev–Trinajstić information content (AvgIpc) is 2.06. The van der Waals surface area contributed by atoms with Gasteiger partial charge in [0.2, 0.25) is 0 Å². The minimum Gasteiger partial charge on any atom is -0.304 e. The molecule has 0 amide bonds. The van der Waals surface area contributed by atoms with Crippen LogP contribution in [0.5, 0.6) is 0 Å². The summed E-state index contributed by atoms with van der Waals surface area (Å²) in [6.07, 6.45) is 7.49. The molecule has 1 aliphatic rings. The first kappa shape index (κ1) is 8.42. The molecule has 1 rings (SSSR count). The second kappa shape index (κ2) is 4.25. The molecule has 0 fully saturated rings. The summed E-state index contributed by atoms with van der Waals surface area (Å²) in [5.74, 6) is 10.1. The standard InChI is InChI=1S/C7H12N2O2/c8-10-5-6-3-1-2-4-7(6)11-9/h1-4,6-7H,5,8-9H2. The smallest absolute Gasteiger partial charge is 0.106 e. The van der Waals surface area contributed by atoms with E-state index < -0.39 is 0 Å². The fraction of sp³-hybridized carbons (Fsp3) is 0.429. The van der Waals surface area contributed by atoms with Crippen molar-refractivity contribution in [2.24, 2.45) is 17.7 Å². The predicted molar refractivity (Wildman–Crippen MR) is 41.0 cm³/mol. The Balaban J connectivity index is 2.48. The molecule has 4 N–H and O–H groups in total. The summed E-state index contributed by atoms with van der Waals surface area (Å²) in [6.45, 7) is 0.419. The van der Waals surface area contributed by atoms with Crippen molar-refractivity contribution < 1.29 is 9.68 Å². The predicted octanol–water partition coefficient (Wildman–Crippen LogP) is -0.122. The van der Waals surface area contributed by atoms with Crippen LogP contribution in [-0.2, 0) is 9.68 Å². The van der Waals surface area contributed by atoms with Gasteiger partial charge >= 0.3 is 0 Å². The number of nitrogens with two attached hydrogens (primary N) is 2. The molecular weight excluding hydrogens is 144 g/mol. The number of allylic oxidation sites excluding steroid dienone is 2. The number of rotatable bonds is 3. The van der Waals surface area contributed by atoms with E-state index in [4.69, 9.17) is 11.8 Å². The zero-order valence-electron chi connectivity index (χ0n) is 6.14. The molecule has 2 unspecified atom stereocenters. The normalized spacial score (nSPS) is 29.3. The van der Waals surface area contributed by atoms with Crippen molar-refractivity contribution >= 4 is 0 Å². The van der Waals surface area contributed by atoms with E-state index in [-0.39, 0.29) is 12.0 Å². The lowest BCUT2D eigenvalue weighted by molar-refractivity contribution is 0.0163. The van der Waals surface area contributed by atoms with E-state index in [1.54, 1.807) is 0 Å². The fourth-order valence-electron chi connectivity index (χ4n) is 1.04. The SMILES string of the molecule is NOCC1C=CC=CC1ON. The van der Waals surface area contributed by atoms with E-state index in [1.165, 1.54) is 0 Å². The average molecular weight is 156 g/mol. The molecule has 0 saturated heterocycles. The molecule has 11 heavy (non-hydrogen) atoms. The first-order chi connectivity index (χ1) is 5.38. The van der Waals surface area contributed by atoms with E-state index in [0.717, 1.165) is 0 Å². The third-order valence-corrected chi connectivity index (χ3v) is 1.64. The molecule has 4 heteroatoms. The van der Waals surface area contributed by atoms with Crippen molar-refractivity contribution in [3.05, 3.63) is 24.3 Å². The number of hydrogen-bond acceptors (Lipinski definition) is 4. The zero-order chi connectivity index (χ0) is 8.10. The van der Waals surface area contributed by atoms with Gasteiger partial charge in [-0.1, -0.05) is 24.3 Å².